The van der Waals surface area contributed by atoms with Gasteiger partial charge >= 0.3 is 6.09 Å². The van der Waals surface area contributed by atoms with Crippen LogP contribution >= 0.6 is 0 Å². The number of piperidine rings is 1. The van der Waals surface area contributed by atoms with E-state index in [-0.39, 0.29) is 12.2 Å². The molecule has 0 aromatic carbocycles. The Kier molecular flexibility index (Phi) is 1.43. The van der Waals surface area contributed by atoms with E-state index in [2.05, 4.69) is 12.2 Å². The Bertz CT molecular complexity index is 274. The van der Waals surface area contributed by atoms with Crippen molar-refractivity contribution in [2.75, 3.05) is 6.54 Å². The molecule has 1 amide bonds. The van der Waals surface area contributed by atoms with Gasteiger partial charge in [-0.25, -0.2) is 4.79 Å². The maximum atomic E-state index is 11.4. The molecule has 0 bridgehead atoms. The van der Waals surface area contributed by atoms with Crippen LogP contribution < -0.4 is 0 Å². The summed E-state index contributed by atoms with van der Waals surface area (Å²) < 4.78 is 5.31. The second kappa shape index (κ2) is 2.50. The topological polar surface area (TPSA) is 29.5 Å². The first kappa shape index (κ1) is 7.42. The molecule has 3 nitrogen and oxygen atoms in total. The molecule has 0 spiro atoms. The van der Waals surface area contributed by atoms with E-state index < -0.39 is 0 Å². The third kappa shape index (κ3) is 0.929. The zero-order valence-corrected chi connectivity index (χ0v) is 7.48. The molecule has 3 heteroatoms. The highest BCUT2D eigenvalue weighted by Crippen LogP contribution is 2.37. The average molecular weight is 179 g/mol. The van der Waals surface area contributed by atoms with Crippen LogP contribution in [0.15, 0.2) is 12.2 Å². The van der Waals surface area contributed by atoms with Gasteiger partial charge in [0.1, 0.15) is 6.10 Å². The second-order valence-electron chi connectivity index (χ2n) is 4.08. The Labute approximate surface area is 77.4 Å². The molecular weight excluding hydrogens is 166 g/mol. The molecule has 70 valence electrons. The van der Waals surface area contributed by atoms with E-state index in [1.54, 1.807) is 0 Å². The summed E-state index contributed by atoms with van der Waals surface area (Å²) in [6.07, 6.45) is 7.70. The number of amides is 1. The number of nitrogens with zero attached hydrogens (tertiary/aromatic N) is 1. The van der Waals surface area contributed by atoms with Crippen molar-refractivity contribution >= 4 is 6.09 Å². The zero-order valence-electron chi connectivity index (χ0n) is 7.48. The van der Waals surface area contributed by atoms with Gasteiger partial charge < -0.3 is 9.64 Å². The van der Waals surface area contributed by atoms with Crippen LogP contribution in [-0.2, 0) is 4.74 Å². The number of carbonyl (C=O) groups excluding carboxylic acids is 1. The molecule has 2 heterocycles. The van der Waals surface area contributed by atoms with E-state index in [0.29, 0.717) is 12.0 Å². The van der Waals surface area contributed by atoms with Crippen LogP contribution in [0.2, 0.25) is 0 Å². The lowest BCUT2D eigenvalue weighted by molar-refractivity contribution is 0.121. The Hall–Kier alpha value is -0.990. The monoisotopic (exact) mass is 179 g/mol. The summed E-state index contributed by atoms with van der Waals surface area (Å²) in [5.41, 5.74) is 0. The van der Waals surface area contributed by atoms with Crippen LogP contribution in [0.25, 0.3) is 0 Å². The molecule has 2 fully saturated rings. The molecular formula is C10H13NO2. The van der Waals surface area contributed by atoms with Crippen molar-refractivity contribution in [2.24, 2.45) is 5.92 Å². The smallest absolute Gasteiger partial charge is 0.410 e. The van der Waals surface area contributed by atoms with Crippen LogP contribution in [0.3, 0.4) is 0 Å². The van der Waals surface area contributed by atoms with E-state index in [9.17, 15) is 4.79 Å². The predicted molar refractivity (Wildman–Crippen MR) is 47.2 cm³/mol. The summed E-state index contributed by atoms with van der Waals surface area (Å²) in [6, 6.07) is 0.353. The maximum Gasteiger partial charge on any atom is 0.410 e. The molecule has 3 rings (SSSR count). The van der Waals surface area contributed by atoms with Crippen LogP contribution in [-0.4, -0.2) is 29.7 Å². The Morgan fingerprint density at radius 3 is 3.38 bits per heavy atom. The second-order valence-corrected chi connectivity index (χ2v) is 4.08. The Balaban J connectivity index is 1.96. The molecule has 0 radical (unpaired) electrons. The van der Waals surface area contributed by atoms with Crippen molar-refractivity contribution < 1.29 is 9.53 Å². The molecule has 0 saturated carbocycles. The molecule has 0 aromatic rings. The molecule has 1 aliphatic carbocycles. The molecule has 3 aliphatic rings. The highest BCUT2D eigenvalue weighted by molar-refractivity contribution is 5.71. The molecule has 3 atom stereocenters. The quantitative estimate of drug-likeness (QED) is 0.528. The van der Waals surface area contributed by atoms with Gasteiger partial charge in [-0.1, -0.05) is 12.2 Å². The Morgan fingerprint density at radius 2 is 2.46 bits per heavy atom. The van der Waals surface area contributed by atoms with Gasteiger partial charge in [0.15, 0.2) is 0 Å². The minimum atomic E-state index is -0.0941. The predicted octanol–water partition coefficient (Wildman–Crippen LogP) is 1.55. The number of carbonyl (C=O) groups is 1. The van der Waals surface area contributed by atoms with Crippen molar-refractivity contribution in [2.45, 2.75) is 31.4 Å². The lowest BCUT2D eigenvalue weighted by Gasteiger charge is -2.36. The van der Waals surface area contributed by atoms with Crippen molar-refractivity contribution in [3.63, 3.8) is 0 Å². The minimum Gasteiger partial charge on any atom is -0.444 e. The van der Waals surface area contributed by atoms with Crippen LogP contribution in [0.5, 0.6) is 0 Å². The largest absolute Gasteiger partial charge is 0.444 e. The van der Waals surface area contributed by atoms with Gasteiger partial charge in [-0.3, -0.25) is 0 Å². The first-order valence-electron chi connectivity index (χ1n) is 5.00. The van der Waals surface area contributed by atoms with Crippen LogP contribution in [0.4, 0.5) is 4.79 Å². The van der Waals surface area contributed by atoms with Crippen molar-refractivity contribution in [1.29, 1.82) is 0 Å². The van der Waals surface area contributed by atoms with Gasteiger partial charge in [0.05, 0.1) is 6.04 Å². The fraction of sp³-hybridized carbons (Fsp3) is 0.700. The van der Waals surface area contributed by atoms with Gasteiger partial charge in [0.2, 0.25) is 0 Å². The fourth-order valence-corrected chi connectivity index (χ4v) is 2.79. The summed E-state index contributed by atoms with van der Waals surface area (Å²) in [6.45, 7) is 0.893. The third-order valence-corrected chi connectivity index (χ3v) is 3.35. The van der Waals surface area contributed by atoms with E-state index in [1.165, 1.54) is 6.42 Å². The highest BCUT2D eigenvalue weighted by Gasteiger charge is 2.47. The minimum absolute atomic E-state index is 0.0941. The van der Waals surface area contributed by atoms with Crippen molar-refractivity contribution in [1.82, 2.24) is 4.90 Å². The summed E-state index contributed by atoms with van der Waals surface area (Å²) in [7, 11) is 0. The normalized spacial score (nSPS) is 41.7. The lowest BCUT2D eigenvalue weighted by Crippen LogP contribution is -2.46. The molecule has 0 N–H and O–H groups in total. The summed E-state index contributed by atoms with van der Waals surface area (Å²) in [5.74, 6) is 0.555. The highest BCUT2D eigenvalue weighted by atomic mass is 16.6. The third-order valence-electron chi connectivity index (χ3n) is 3.35. The number of rotatable bonds is 0. The van der Waals surface area contributed by atoms with E-state index >= 15 is 0 Å². The maximum absolute atomic E-state index is 11.4. The van der Waals surface area contributed by atoms with Gasteiger partial charge in [-0.15, -0.1) is 0 Å². The van der Waals surface area contributed by atoms with Gasteiger partial charge in [0, 0.05) is 18.9 Å². The number of hydrogen-bond donors (Lipinski definition) is 0. The summed E-state index contributed by atoms with van der Waals surface area (Å²) in [5, 5.41) is 0. The first-order valence-corrected chi connectivity index (χ1v) is 5.00. The molecule has 0 aromatic heterocycles. The zero-order chi connectivity index (χ0) is 8.84. The first-order chi connectivity index (χ1) is 6.36. The van der Waals surface area contributed by atoms with E-state index in [4.69, 9.17) is 4.74 Å². The summed E-state index contributed by atoms with van der Waals surface area (Å²) in [4.78, 5) is 13.3. The van der Waals surface area contributed by atoms with E-state index in [0.717, 1.165) is 19.4 Å². The van der Waals surface area contributed by atoms with Gasteiger partial charge in [0.25, 0.3) is 0 Å². The molecule has 0 unspecified atom stereocenters. The van der Waals surface area contributed by atoms with Crippen LogP contribution in [0, 0.1) is 5.92 Å². The summed E-state index contributed by atoms with van der Waals surface area (Å²) >= 11 is 0. The average Bonchev–Trinajstić information content (AvgIpc) is 2.47. The standard InChI is InChI=1S/C10H13NO2/c12-10-11-6-2-4-7-3-1-5-8(13-10)9(7)11/h1,3,7-9H,2,4-6H2/t7-,8-,9+/m0/s1. The van der Waals surface area contributed by atoms with Gasteiger partial charge in [-0.05, 0) is 12.8 Å². The molecule has 2 saturated heterocycles. The lowest BCUT2D eigenvalue weighted by atomic mass is 9.82. The van der Waals surface area contributed by atoms with Crippen molar-refractivity contribution in [3.05, 3.63) is 12.2 Å². The number of hydrogen-bond acceptors (Lipinski definition) is 2. The van der Waals surface area contributed by atoms with Crippen molar-refractivity contribution in [3.8, 4) is 0 Å². The van der Waals surface area contributed by atoms with E-state index in [1.807, 2.05) is 4.90 Å². The van der Waals surface area contributed by atoms with Crippen LogP contribution in [0.1, 0.15) is 19.3 Å². The Morgan fingerprint density at radius 1 is 1.54 bits per heavy atom. The molecule has 13 heavy (non-hydrogen) atoms. The SMILES string of the molecule is O=C1O[C@H]2CC=C[C@H]3CCCN1[C@@H]23. The fourth-order valence-electron chi connectivity index (χ4n) is 2.79. The van der Waals surface area contributed by atoms with Gasteiger partial charge in [-0.2, -0.15) is 0 Å². The number of ether oxygens (including phenoxy) is 1. The molecule has 2 aliphatic heterocycles.